The van der Waals surface area contributed by atoms with Crippen molar-refractivity contribution >= 4 is 0 Å². The zero-order valence-corrected chi connectivity index (χ0v) is 9.36. The Kier molecular flexibility index (Phi) is 2.85. The van der Waals surface area contributed by atoms with Crippen LogP contribution in [-0.2, 0) is 6.42 Å². The third-order valence-electron chi connectivity index (χ3n) is 2.62. The van der Waals surface area contributed by atoms with Crippen LogP contribution < -0.4 is 4.74 Å². The minimum absolute atomic E-state index is 0.157. The summed E-state index contributed by atoms with van der Waals surface area (Å²) >= 11 is 0. The molecule has 1 aliphatic carbocycles. The number of ether oxygens (including phenoxy) is 1. The summed E-state index contributed by atoms with van der Waals surface area (Å²) in [5.41, 5.74) is 1.23. The summed E-state index contributed by atoms with van der Waals surface area (Å²) in [7, 11) is 0. The quantitative estimate of drug-likeness (QED) is 0.820. The van der Waals surface area contributed by atoms with Crippen molar-refractivity contribution in [2.45, 2.75) is 39.2 Å². The van der Waals surface area contributed by atoms with Crippen molar-refractivity contribution in [2.24, 2.45) is 5.92 Å². The van der Waals surface area contributed by atoms with Crippen LogP contribution in [0.3, 0.4) is 0 Å². The molecule has 15 heavy (non-hydrogen) atoms. The van der Waals surface area contributed by atoms with Crippen LogP contribution in [0.5, 0.6) is 11.5 Å². The summed E-state index contributed by atoms with van der Waals surface area (Å²) < 4.78 is 5.69. The van der Waals surface area contributed by atoms with Crippen LogP contribution in [0.15, 0.2) is 18.2 Å². The molecule has 0 heterocycles. The fourth-order valence-electron chi connectivity index (χ4n) is 1.71. The average Bonchev–Trinajstić information content (AvgIpc) is 2.92. The first-order chi connectivity index (χ1) is 7.15. The third kappa shape index (κ3) is 2.88. The third-order valence-corrected chi connectivity index (χ3v) is 2.62. The largest absolute Gasteiger partial charge is 0.508 e. The van der Waals surface area contributed by atoms with Crippen LogP contribution in [0.1, 0.15) is 32.3 Å². The Bertz CT molecular complexity index is 340. The lowest BCUT2D eigenvalue weighted by Crippen LogP contribution is -2.07. The van der Waals surface area contributed by atoms with Crippen molar-refractivity contribution in [2.75, 3.05) is 0 Å². The zero-order valence-electron chi connectivity index (χ0n) is 9.36. The van der Waals surface area contributed by atoms with Crippen molar-refractivity contribution in [3.63, 3.8) is 0 Å². The molecule has 1 N–H and O–H groups in total. The molecule has 2 heteroatoms. The number of phenolic OH excluding ortho intramolecular Hbond substituents is 1. The Labute approximate surface area is 90.9 Å². The molecule has 1 fully saturated rings. The van der Waals surface area contributed by atoms with Crippen molar-refractivity contribution in [3.8, 4) is 11.5 Å². The highest BCUT2D eigenvalue weighted by Crippen LogP contribution is 2.36. The predicted molar refractivity (Wildman–Crippen MR) is 60.3 cm³/mol. The summed E-state index contributed by atoms with van der Waals surface area (Å²) in [5, 5.41) is 9.42. The Morgan fingerprint density at radius 3 is 2.73 bits per heavy atom. The van der Waals surface area contributed by atoms with E-state index in [1.807, 2.05) is 19.9 Å². The highest BCUT2D eigenvalue weighted by molar-refractivity contribution is 5.40. The summed E-state index contributed by atoms with van der Waals surface area (Å²) in [5.74, 6) is 1.96. The highest BCUT2D eigenvalue weighted by atomic mass is 16.5. The van der Waals surface area contributed by atoms with E-state index >= 15 is 0 Å². The van der Waals surface area contributed by atoms with E-state index in [9.17, 15) is 5.11 Å². The lowest BCUT2D eigenvalue weighted by molar-refractivity contribution is 0.238. The molecule has 1 aliphatic rings. The number of phenols is 1. The van der Waals surface area contributed by atoms with Gasteiger partial charge in [0.15, 0.2) is 0 Å². The molecule has 0 aliphatic heterocycles. The molecule has 0 bridgehead atoms. The van der Waals surface area contributed by atoms with Gasteiger partial charge in [-0.25, -0.2) is 0 Å². The minimum Gasteiger partial charge on any atom is -0.508 e. The average molecular weight is 206 g/mol. The molecule has 2 rings (SSSR count). The van der Waals surface area contributed by atoms with Crippen LogP contribution in [0.25, 0.3) is 0 Å². The van der Waals surface area contributed by atoms with Gasteiger partial charge in [-0.15, -0.1) is 0 Å². The van der Waals surface area contributed by atoms with E-state index in [0.29, 0.717) is 0 Å². The second kappa shape index (κ2) is 4.13. The van der Waals surface area contributed by atoms with Gasteiger partial charge in [-0.05, 0) is 50.7 Å². The van der Waals surface area contributed by atoms with Gasteiger partial charge < -0.3 is 9.84 Å². The number of rotatable bonds is 4. The number of hydrogen-bond acceptors (Lipinski definition) is 2. The second-order valence-electron chi connectivity index (χ2n) is 4.61. The molecular formula is C13H18O2. The summed E-state index contributed by atoms with van der Waals surface area (Å²) in [4.78, 5) is 0. The smallest absolute Gasteiger partial charge is 0.126 e. The van der Waals surface area contributed by atoms with E-state index in [1.165, 1.54) is 18.4 Å². The fraction of sp³-hybridized carbons (Fsp3) is 0.538. The molecule has 82 valence electrons. The number of hydrogen-bond donors (Lipinski definition) is 1. The first-order valence-electron chi connectivity index (χ1n) is 5.63. The molecule has 0 radical (unpaired) electrons. The lowest BCUT2D eigenvalue weighted by Gasteiger charge is -2.14. The maximum absolute atomic E-state index is 9.42. The van der Waals surface area contributed by atoms with E-state index in [0.717, 1.165) is 18.1 Å². The van der Waals surface area contributed by atoms with Crippen molar-refractivity contribution in [1.82, 2.24) is 0 Å². The van der Waals surface area contributed by atoms with Gasteiger partial charge >= 0.3 is 0 Å². The molecule has 0 aromatic heterocycles. The molecule has 1 aromatic carbocycles. The van der Waals surface area contributed by atoms with Crippen LogP contribution in [0.2, 0.25) is 0 Å². The predicted octanol–water partition coefficient (Wildman–Crippen LogP) is 3.13. The van der Waals surface area contributed by atoms with Gasteiger partial charge in [-0.3, -0.25) is 0 Å². The molecule has 0 unspecified atom stereocenters. The summed E-state index contributed by atoms with van der Waals surface area (Å²) in [6.45, 7) is 4.01. The summed E-state index contributed by atoms with van der Waals surface area (Å²) in [6.07, 6.45) is 3.91. The molecule has 1 aromatic rings. The molecule has 0 atom stereocenters. The molecule has 1 saturated carbocycles. The minimum atomic E-state index is 0.157. The van der Waals surface area contributed by atoms with Crippen molar-refractivity contribution in [1.29, 1.82) is 0 Å². The van der Waals surface area contributed by atoms with Crippen molar-refractivity contribution in [3.05, 3.63) is 23.8 Å². The molecule has 0 saturated heterocycles. The van der Waals surface area contributed by atoms with E-state index in [2.05, 4.69) is 0 Å². The van der Waals surface area contributed by atoms with Crippen LogP contribution in [-0.4, -0.2) is 11.2 Å². The molecule has 0 amide bonds. The molecule has 0 spiro atoms. The van der Waals surface area contributed by atoms with Gasteiger partial charge in [0.1, 0.15) is 11.5 Å². The first kappa shape index (κ1) is 10.3. The summed E-state index contributed by atoms with van der Waals surface area (Å²) in [6, 6.07) is 5.44. The van der Waals surface area contributed by atoms with Gasteiger partial charge in [-0.2, -0.15) is 0 Å². The Morgan fingerprint density at radius 1 is 1.40 bits per heavy atom. The monoisotopic (exact) mass is 206 g/mol. The van der Waals surface area contributed by atoms with E-state index in [1.54, 1.807) is 12.1 Å². The highest BCUT2D eigenvalue weighted by Gasteiger charge is 2.23. The van der Waals surface area contributed by atoms with Gasteiger partial charge in [0, 0.05) is 6.07 Å². The Hall–Kier alpha value is -1.18. The molecular weight excluding hydrogens is 188 g/mol. The zero-order chi connectivity index (χ0) is 10.8. The standard InChI is InChI=1S/C13H18O2/c1-9(2)15-13-8-12(14)6-5-11(13)7-10-3-4-10/h5-6,8-10,14H,3-4,7H2,1-2H3. The van der Waals surface area contributed by atoms with Crippen LogP contribution in [0.4, 0.5) is 0 Å². The van der Waals surface area contributed by atoms with Gasteiger partial charge in [0.05, 0.1) is 6.10 Å². The Morgan fingerprint density at radius 2 is 2.13 bits per heavy atom. The fourth-order valence-corrected chi connectivity index (χ4v) is 1.71. The number of aromatic hydroxyl groups is 1. The van der Waals surface area contributed by atoms with E-state index in [4.69, 9.17) is 4.74 Å². The van der Waals surface area contributed by atoms with Gasteiger partial charge in [-0.1, -0.05) is 6.07 Å². The topological polar surface area (TPSA) is 29.5 Å². The maximum Gasteiger partial charge on any atom is 0.126 e. The SMILES string of the molecule is CC(C)Oc1cc(O)ccc1CC1CC1. The number of benzene rings is 1. The van der Waals surface area contributed by atoms with Crippen LogP contribution >= 0.6 is 0 Å². The van der Waals surface area contributed by atoms with Crippen molar-refractivity contribution < 1.29 is 9.84 Å². The lowest BCUT2D eigenvalue weighted by atomic mass is 10.1. The van der Waals surface area contributed by atoms with Crippen LogP contribution in [0, 0.1) is 5.92 Å². The first-order valence-corrected chi connectivity index (χ1v) is 5.63. The van der Waals surface area contributed by atoms with E-state index < -0.39 is 0 Å². The normalized spacial score (nSPS) is 15.7. The van der Waals surface area contributed by atoms with E-state index in [-0.39, 0.29) is 11.9 Å². The maximum atomic E-state index is 9.42. The molecule has 2 nitrogen and oxygen atoms in total. The van der Waals surface area contributed by atoms with Gasteiger partial charge in [0.2, 0.25) is 0 Å². The Balaban J connectivity index is 2.17. The second-order valence-corrected chi connectivity index (χ2v) is 4.61. The van der Waals surface area contributed by atoms with Gasteiger partial charge in [0.25, 0.3) is 0 Å².